The molecule has 4 heteroatoms. The zero-order valence-electron chi connectivity index (χ0n) is 8.48. The minimum atomic E-state index is 0. The standard InChI is InChI=1S/C12H10INO.BrH/c13-12-6-2-1-4-10(12)8-14-7-3-5-11(15)9-14;/h1-7,9H,8H2;1H. The van der Waals surface area contributed by atoms with E-state index in [4.69, 9.17) is 0 Å². The lowest BCUT2D eigenvalue weighted by Crippen LogP contribution is -3.00. The number of aromatic nitrogens is 1. The second kappa shape index (κ2) is 6.20. The average Bonchev–Trinajstić information content (AvgIpc) is 2.22. The second-order valence-electron chi connectivity index (χ2n) is 3.33. The van der Waals surface area contributed by atoms with Crippen molar-refractivity contribution in [2.75, 3.05) is 0 Å². The van der Waals surface area contributed by atoms with Gasteiger partial charge in [0.2, 0.25) is 6.20 Å². The van der Waals surface area contributed by atoms with Crippen molar-refractivity contribution in [3.63, 3.8) is 0 Å². The van der Waals surface area contributed by atoms with Gasteiger partial charge in [-0.25, -0.2) is 0 Å². The van der Waals surface area contributed by atoms with Gasteiger partial charge in [0.15, 0.2) is 18.5 Å². The summed E-state index contributed by atoms with van der Waals surface area (Å²) in [5, 5.41) is 9.34. The van der Waals surface area contributed by atoms with Crippen molar-refractivity contribution in [2.45, 2.75) is 6.54 Å². The van der Waals surface area contributed by atoms with Crippen molar-refractivity contribution in [1.29, 1.82) is 0 Å². The van der Waals surface area contributed by atoms with E-state index in [-0.39, 0.29) is 17.0 Å². The summed E-state index contributed by atoms with van der Waals surface area (Å²) in [5.74, 6) is 0.295. The Kier molecular flexibility index (Phi) is 5.21. The minimum Gasteiger partial charge on any atom is -1.00 e. The first-order chi connectivity index (χ1) is 7.25. The summed E-state index contributed by atoms with van der Waals surface area (Å²) >= 11 is 2.32. The van der Waals surface area contributed by atoms with Gasteiger partial charge in [-0.15, -0.1) is 0 Å². The second-order valence-corrected chi connectivity index (χ2v) is 4.49. The van der Waals surface area contributed by atoms with Crippen molar-refractivity contribution >= 4 is 22.6 Å². The Bertz CT molecular complexity index is 476. The molecule has 84 valence electrons. The fourth-order valence-corrected chi connectivity index (χ4v) is 1.99. The number of hydrogen-bond acceptors (Lipinski definition) is 1. The Hall–Kier alpha value is -0.620. The monoisotopic (exact) mass is 391 g/mol. The molecule has 0 aliphatic heterocycles. The van der Waals surface area contributed by atoms with Crippen LogP contribution in [0.2, 0.25) is 0 Å². The van der Waals surface area contributed by atoms with Crippen LogP contribution in [0.3, 0.4) is 0 Å². The molecule has 0 atom stereocenters. The summed E-state index contributed by atoms with van der Waals surface area (Å²) in [6.07, 6.45) is 3.67. The molecule has 16 heavy (non-hydrogen) atoms. The topological polar surface area (TPSA) is 24.1 Å². The molecular formula is C12H11BrINO. The molecule has 2 aromatic rings. The summed E-state index contributed by atoms with van der Waals surface area (Å²) < 4.78 is 3.21. The van der Waals surface area contributed by atoms with Crippen molar-refractivity contribution in [2.24, 2.45) is 0 Å². The summed E-state index contributed by atoms with van der Waals surface area (Å²) in [5.41, 5.74) is 1.26. The molecule has 0 aliphatic carbocycles. The first kappa shape index (κ1) is 13.4. The first-order valence-corrected chi connectivity index (χ1v) is 5.75. The van der Waals surface area contributed by atoms with E-state index < -0.39 is 0 Å². The summed E-state index contributed by atoms with van der Waals surface area (Å²) in [4.78, 5) is 0. The Morgan fingerprint density at radius 2 is 1.88 bits per heavy atom. The zero-order chi connectivity index (χ0) is 10.7. The fourth-order valence-electron chi connectivity index (χ4n) is 1.43. The van der Waals surface area contributed by atoms with E-state index in [2.05, 4.69) is 34.7 Å². The molecule has 1 N–H and O–H groups in total. The van der Waals surface area contributed by atoms with Gasteiger partial charge in [0.1, 0.15) is 0 Å². The van der Waals surface area contributed by atoms with Gasteiger partial charge in [0.05, 0.1) is 0 Å². The highest BCUT2D eigenvalue weighted by molar-refractivity contribution is 14.1. The first-order valence-electron chi connectivity index (χ1n) is 4.67. The van der Waals surface area contributed by atoms with Gasteiger partial charge < -0.3 is 22.1 Å². The van der Waals surface area contributed by atoms with Crippen LogP contribution >= 0.6 is 22.6 Å². The SMILES string of the molecule is Oc1ccc[n+](Cc2ccccc2I)c1.[Br-]. The van der Waals surface area contributed by atoms with Crippen LogP contribution in [0.15, 0.2) is 48.8 Å². The van der Waals surface area contributed by atoms with Crippen LogP contribution in [0.5, 0.6) is 5.75 Å². The van der Waals surface area contributed by atoms with E-state index in [0.29, 0.717) is 5.75 Å². The van der Waals surface area contributed by atoms with Gasteiger partial charge in [0, 0.05) is 15.2 Å². The van der Waals surface area contributed by atoms with E-state index in [1.165, 1.54) is 9.13 Å². The highest BCUT2D eigenvalue weighted by atomic mass is 127. The lowest BCUT2D eigenvalue weighted by molar-refractivity contribution is -0.688. The molecule has 0 saturated carbocycles. The Balaban J connectivity index is 0.00000128. The Morgan fingerprint density at radius 3 is 2.56 bits per heavy atom. The molecule has 0 radical (unpaired) electrons. The highest BCUT2D eigenvalue weighted by Gasteiger charge is 2.05. The molecule has 2 nitrogen and oxygen atoms in total. The molecule has 0 aliphatic rings. The molecule has 1 heterocycles. The number of pyridine rings is 1. The molecule has 0 fully saturated rings. The largest absolute Gasteiger partial charge is 1.00 e. The van der Waals surface area contributed by atoms with Crippen molar-refractivity contribution in [3.8, 4) is 5.75 Å². The smallest absolute Gasteiger partial charge is 0.211 e. The van der Waals surface area contributed by atoms with Crippen LogP contribution in [0.25, 0.3) is 0 Å². The predicted octanol–water partition coefficient (Wildman–Crippen LogP) is -0.663. The maximum Gasteiger partial charge on any atom is 0.211 e. The lowest BCUT2D eigenvalue weighted by Gasteiger charge is -2.00. The molecule has 0 spiro atoms. The van der Waals surface area contributed by atoms with Crippen molar-refractivity contribution in [1.82, 2.24) is 0 Å². The average molecular weight is 392 g/mol. The summed E-state index contributed by atoms with van der Waals surface area (Å²) in [7, 11) is 0. The molecule has 0 unspecified atom stereocenters. The van der Waals surface area contributed by atoms with E-state index in [1.54, 1.807) is 12.3 Å². The van der Waals surface area contributed by atoms with E-state index in [0.717, 1.165) is 6.54 Å². The van der Waals surface area contributed by atoms with Crippen molar-refractivity contribution < 1.29 is 26.7 Å². The third-order valence-corrected chi connectivity index (χ3v) is 3.21. The summed E-state index contributed by atoms with van der Waals surface area (Å²) in [6, 6.07) is 11.7. The van der Waals surface area contributed by atoms with Gasteiger partial charge in [0.25, 0.3) is 0 Å². The molecular weight excluding hydrogens is 381 g/mol. The van der Waals surface area contributed by atoms with Crippen LogP contribution in [0, 0.1) is 3.57 Å². The maximum absolute atomic E-state index is 9.34. The quantitative estimate of drug-likeness (QED) is 0.533. The summed E-state index contributed by atoms with van der Waals surface area (Å²) in [6.45, 7) is 0.785. The number of nitrogens with zero attached hydrogens (tertiary/aromatic N) is 1. The normalized spacial score (nSPS) is 9.56. The van der Waals surface area contributed by atoms with Gasteiger partial charge >= 0.3 is 0 Å². The number of hydrogen-bond donors (Lipinski definition) is 1. The molecule has 1 aromatic heterocycles. The molecule has 0 saturated heterocycles. The van der Waals surface area contributed by atoms with Crippen LogP contribution in [-0.4, -0.2) is 5.11 Å². The van der Waals surface area contributed by atoms with Crippen LogP contribution < -0.4 is 21.5 Å². The van der Waals surface area contributed by atoms with Gasteiger partial charge in [-0.1, -0.05) is 18.2 Å². The van der Waals surface area contributed by atoms with E-state index in [1.807, 2.05) is 29.0 Å². The van der Waals surface area contributed by atoms with E-state index in [9.17, 15) is 5.11 Å². The zero-order valence-corrected chi connectivity index (χ0v) is 12.2. The minimum absolute atomic E-state index is 0. The van der Waals surface area contributed by atoms with Gasteiger partial charge in [-0.3, -0.25) is 0 Å². The Morgan fingerprint density at radius 1 is 1.12 bits per heavy atom. The number of benzene rings is 1. The van der Waals surface area contributed by atoms with E-state index >= 15 is 0 Å². The number of rotatable bonds is 2. The van der Waals surface area contributed by atoms with Gasteiger partial charge in [-0.2, -0.15) is 4.57 Å². The maximum atomic E-state index is 9.34. The van der Waals surface area contributed by atoms with Crippen LogP contribution in [0.4, 0.5) is 0 Å². The lowest BCUT2D eigenvalue weighted by atomic mass is 10.2. The van der Waals surface area contributed by atoms with Crippen LogP contribution in [0.1, 0.15) is 5.56 Å². The molecule has 0 bridgehead atoms. The fraction of sp³-hybridized carbons (Fsp3) is 0.0833. The Labute approximate surface area is 119 Å². The molecule has 0 amide bonds. The molecule has 1 aromatic carbocycles. The highest BCUT2D eigenvalue weighted by Crippen LogP contribution is 2.11. The third-order valence-electron chi connectivity index (χ3n) is 2.15. The van der Waals surface area contributed by atoms with Crippen LogP contribution in [-0.2, 0) is 6.54 Å². The number of halogens is 2. The number of aromatic hydroxyl groups is 1. The predicted molar refractivity (Wildman–Crippen MR) is 66.6 cm³/mol. The third kappa shape index (κ3) is 3.45. The van der Waals surface area contributed by atoms with Crippen molar-refractivity contribution in [3.05, 3.63) is 57.9 Å². The molecule has 2 rings (SSSR count). The van der Waals surface area contributed by atoms with Gasteiger partial charge in [-0.05, 0) is 34.7 Å².